The topological polar surface area (TPSA) is 69.9 Å². The molecule has 0 spiro atoms. The van der Waals surface area contributed by atoms with E-state index in [1.807, 2.05) is 13.8 Å². The molecule has 0 aromatic carbocycles. The van der Waals surface area contributed by atoms with Crippen LogP contribution in [0.1, 0.15) is 72.6 Å². The van der Waals surface area contributed by atoms with E-state index in [9.17, 15) is 15.3 Å². The van der Waals surface area contributed by atoms with Crippen LogP contribution < -0.4 is 0 Å². The first kappa shape index (κ1) is 23.5. The molecule has 0 radical (unpaired) electrons. The van der Waals surface area contributed by atoms with Crippen LogP contribution in [0, 0.1) is 17.3 Å². The van der Waals surface area contributed by atoms with Gasteiger partial charge in [0.05, 0.1) is 18.8 Å². The zero-order valence-electron chi connectivity index (χ0n) is 19.2. The van der Waals surface area contributed by atoms with E-state index in [4.69, 9.17) is 4.74 Å². The van der Waals surface area contributed by atoms with Gasteiger partial charge < -0.3 is 20.1 Å². The second-order valence-corrected chi connectivity index (χ2v) is 10.1. The van der Waals surface area contributed by atoms with Crippen molar-refractivity contribution in [1.29, 1.82) is 0 Å². The van der Waals surface area contributed by atoms with Gasteiger partial charge in [0, 0.05) is 12.0 Å². The van der Waals surface area contributed by atoms with E-state index >= 15 is 0 Å². The van der Waals surface area contributed by atoms with Gasteiger partial charge in [-0.1, -0.05) is 51.2 Å². The molecule has 0 amide bonds. The van der Waals surface area contributed by atoms with Gasteiger partial charge in [-0.2, -0.15) is 0 Å². The highest BCUT2D eigenvalue weighted by Gasteiger charge is 2.46. The van der Waals surface area contributed by atoms with Crippen molar-refractivity contribution in [3.8, 4) is 0 Å². The lowest BCUT2D eigenvalue weighted by molar-refractivity contribution is -0.136. The van der Waals surface area contributed by atoms with Gasteiger partial charge in [0.15, 0.2) is 5.79 Å². The number of fused-ring (bicyclic) bond motifs is 1. The van der Waals surface area contributed by atoms with Gasteiger partial charge in [0.25, 0.3) is 0 Å². The third-order valence-corrected chi connectivity index (χ3v) is 7.68. The van der Waals surface area contributed by atoms with E-state index < -0.39 is 11.9 Å². The lowest BCUT2D eigenvalue weighted by Gasteiger charge is -2.42. The summed E-state index contributed by atoms with van der Waals surface area (Å²) in [4.78, 5) is 0. The summed E-state index contributed by atoms with van der Waals surface area (Å²) in [6.45, 7) is 12.8. The Kier molecular flexibility index (Phi) is 7.13. The fourth-order valence-electron chi connectivity index (χ4n) is 5.48. The van der Waals surface area contributed by atoms with Crippen molar-refractivity contribution in [3.63, 3.8) is 0 Å². The van der Waals surface area contributed by atoms with Gasteiger partial charge in [-0.25, -0.2) is 0 Å². The van der Waals surface area contributed by atoms with Crippen LogP contribution in [0.3, 0.4) is 0 Å². The van der Waals surface area contributed by atoms with Gasteiger partial charge in [-0.15, -0.1) is 0 Å². The predicted molar refractivity (Wildman–Crippen MR) is 121 cm³/mol. The second-order valence-electron chi connectivity index (χ2n) is 10.1. The van der Waals surface area contributed by atoms with Crippen LogP contribution >= 0.6 is 0 Å². The molecule has 3 rings (SSSR count). The lowest BCUT2D eigenvalue weighted by atomic mass is 9.63. The van der Waals surface area contributed by atoms with Crippen LogP contribution in [0.5, 0.6) is 0 Å². The molecule has 0 aromatic heterocycles. The number of aliphatic hydroxyl groups is 3. The van der Waals surface area contributed by atoms with Crippen LogP contribution in [-0.4, -0.2) is 39.9 Å². The Hall–Kier alpha value is -1.20. The molecule has 0 heterocycles. The Labute approximate surface area is 182 Å². The van der Waals surface area contributed by atoms with E-state index in [1.54, 1.807) is 0 Å². The molecular formula is C26H40O4. The summed E-state index contributed by atoms with van der Waals surface area (Å²) in [6.07, 6.45) is 12.6. The highest BCUT2D eigenvalue weighted by atomic mass is 16.5. The highest BCUT2D eigenvalue weighted by molar-refractivity contribution is 5.41. The molecule has 0 bridgehead atoms. The quantitative estimate of drug-likeness (QED) is 0.429. The molecule has 168 valence electrons. The maximum absolute atomic E-state index is 10.1. The third-order valence-electron chi connectivity index (χ3n) is 7.68. The summed E-state index contributed by atoms with van der Waals surface area (Å²) < 4.78 is 6.07. The molecular weight excluding hydrogens is 376 g/mol. The Bertz CT molecular complexity index is 742. The highest BCUT2D eigenvalue weighted by Crippen LogP contribution is 2.55. The number of allylic oxidation sites excluding steroid dienone is 4. The minimum atomic E-state index is -1.76. The summed E-state index contributed by atoms with van der Waals surface area (Å²) in [7, 11) is 0. The van der Waals surface area contributed by atoms with Crippen molar-refractivity contribution in [2.45, 2.75) is 90.6 Å². The monoisotopic (exact) mass is 416 g/mol. The number of hydrogen-bond acceptors (Lipinski definition) is 4. The molecule has 3 aliphatic rings. The molecule has 3 aliphatic carbocycles. The molecule has 30 heavy (non-hydrogen) atoms. The van der Waals surface area contributed by atoms with E-state index in [0.717, 1.165) is 44.1 Å². The fourth-order valence-corrected chi connectivity index (χ4v) is 5.48. The number of aliphatic hydroxyl groups excluding tert-OH is 1. The van der Waals surface area contributed by atoms with Crippen LogP contribution in [0.2, 0.25) is 0 Å². The van der Waals surface area contributed by atoms with Crippen molar-refractivity contribution in [2.75, 3.05) is 6.61 Å². The minimum Gasteiger partial charge on any atom is -0.390 e. The Morgan fingerprint density at radius 3 is 2.57 bits per heavy atom. The van der Waals surface area contributed by atoms with E-state index in [2.05, 4.69) is 38.7 Å². The summed E-state index contributed by atoms with van der Waals surface area (Å²) in [5.74, 6) is -1.11. The first-order valence-electron chi connectivity index (χ1n) is 11.6. The maximum atomic E-state index is 10.1. The Morgan fingerprint density at radius 2 is 1.87 bits per heavy atom. The Balaban J connectivity index is 1.73. The van der Waals surface area contributed by atoms with Gasteiger partial charge >= 0.3 is 0 Å². The molecule has 0 saturated heterocycles. The summed E-state index contributed by atoms with van der Waals surface area (Å²) in [5, 5.41) is 30.3. The van der Waals surface area contributed by atoms with E-state index in [0.29, 0.717) is 24.5 Å². The van der Waals surface area contributed by atoms with Crippen molar-refractivity contribution < 1.29 is 20.1 Å². The second kappa shape index (κ2) is 9.12. The number of ether oxygens (including phenoxy) is 1. The predicted octanol–water partition coefficient (Wildman–Crippen LogP) is 4.82. The maximum Gasteiger partial charge on any atom is 0.189 e. The van der Waals surface area contributed by atoms with Gasteiger partial charge in [-0.3, -0.25) is 0 Å². The fraction of sp³-hybridized carbons (Fsp3) is 0.692. The zero-order chi connectivity index (χ0) is 22.1. The molecule has 4 heteroatoms. The zero-order valence-corrected chi connectivity index (χ0v) is 19.2. The van der Waals surface area contributed by atoms with Crippen LogP contribution in [-0.2, 0) is 4.74 Å². The number of rotatable bonds is 6. The van der Waals surface area contributed by atoms with Crippen molar-refractivity contribution in [2.24, 2.45) is 17.3 Å². The molecule has 2 fully saturated rings. The van der Waals surface area contributed by atoms with Gasteiger partial charge in [-0.05, 0) is 73.8 Å². The average molecular weight is 417 g/mol. The largest absolute Gasteiger partial charge is 0.390 e. The normalized spacial score (nSPS) is 33.7. The Morgan fingerprint density at radius 1 is 1.17 bits per heavy atom. The standard InChI is InChI=1S/C26H40O4/c1-17(2)24(27)16-30-19(4)22-12-13-23-21(9-6-14-25(22,23)5)11-10-20-8-7-15-26(28,29)18(20)3/h10-12,17,19,23-24,27-29H,3,6-9,13-16H2,1-2,4-5H3/b20-10-,21-11+/t19?,23-,24+,25+/m0/s1. The third kappa shape index (κ3) is 4.67. The van der Waals surface area contributed by atoms with E-state index in [-0.39, 0.29) is 17.4 Å². The summed E-state index contributed by atoms with van der Waals surface area (Å²) >= 11 is 0. The van der Waals surface area contributed by atoms with Crippen molar-refractivity contribution >= 4 is 0 Å². The van der Waals surface area contributed by atoms with Crippen LogP contribution in [0.25, 0.3) is 0 Å². The summed E-state index contributed by atoms with van der Waals surface area (Å²) in [5.41, 5.74) is 4.30. The summed E-state index contributed by atoms with van der Waals surface area (Å²) in [6, 6.07) is 0. The number of hydrogen-bond donors (Lipinski definition) is 3. The molecule has 4 nitrogen and oxygen atoms in total. The minimum absolute atomic E-state index is 0.00798. The van der Waals surface area contributed by atoms with E-state index in [1.165, 1.54) is 11.1 Å². The van der Waals surface area contributed by atoms with Crippen LogP contribution in [0.15, 0.2) is 47.1 Å². The first-order chi connectivity index (χ1) is 14.1. The van der Waals surface area contributed by atoms with Gasteiger partial charge in [0.2, 0.25) is 0 Å². The SMILES string of the molecule is C=C1/C(=C\C=C2/CCC[C@]3(C)C(C(C)OC[C@@H](O)C(C)C)=CC[C@@H]23)CCCC1(O)O. The molecule has 0 aromatic rings. The molecule has 4 atom stereocenters. The van der Waals surface area contributed by atoms with Gasteiger partial charge in [0.1, 0.15) is 0 Å². The molecule has 1 unspecified atom stereocenters. The van der Waals surface area contributed by atoms with Crippen LogP contribution in [0.4, 0.5) is 0 Å². The first-order valence-corrected chi connectivity index (χ1v) is 11.6. The average Bonchev–Trinajstić information content (AvgIpc) is 3.04. The molecule has 0 aliphatic heterocycles. The van der Waals surface area contributed by atoms with Crippen molar-refractivity contribution in [1.82, 2.24) is 0 Å². The van der Waals surface area contributed by atoms with Crippen molar-refractivity contribution in [3.05, 3.63) is 47.1 Å². The molecule has 3 N–H and O–H groups in total. The lowest BCUT2D eigenvalue weighted by Crippen LogP contribution is -2.35. The smallest absolute Gasteiger partial charge is 0.189 e. The molecule has 2 saturated carbocycles.